The lowest BCUT2D eigenvalue weighted by atomic mass is 9.90. The van der Waals surface area contributed by atoms with Crippen LogP contribution in [0.4, 0.5) is 0 Å². The first kappa shape index (κ1) is 21.0. The van der Waals surface area contributed by atoms with E-state index in [4.69, 9.17) is 14.2 Å². The first-order chi connectivity index (χ1) is 14.1. The Labute approximate surface area is 172 Å². The summed E-state index contributed by atoms with van der Waals surface area (Å²) in [6.45, 7) is 3.16. The van der Waals surface area contributed by atoms with Gasteiger partial charge in [0.05, 0.1) is 26.9 Å². The minimum atomic E-state index is -0.801. The van der Waals surface area contributed by atoms with Crippen molar-refractivity contribution in [3.8, 4) is 17.2 Å². The molecule has 1 aliphatic rings. The van der Waals surface area contributed by atoms with Crippen LogP contribution in [-0.4, -0.2) is 49.4 Å². The fourth-order valence-electron chi connectivity index (χ4n) is 4.17. The smallest absolute Gasteiger partial charge is 0.320 e. The number of carbonyl (C=O) groups is 1. The molecule has 0 bridgehead atoms. The molecule has 2 unspecified atom stereocenters. The summed E-state index contributed by atoms with van der Waals surface area (Å²) in [4.78, 5) is 14.1. The van der Waals surface area contributed by atoms with Gasteiger partial charge in [-0.05, 0) is 38.4 Å². The Morgan fingerprint density at radius 1 is 1.07 bits per heavy atom. The molecule has 3 rings (SSSR count). The standard InChI is InChI=1S/C23H29NO5/c1-4-29-19-13-6-5-10-16(19)21(24-15-8-7-12-18(24)23(25)26)17-11-9-14-20(27-2)22(17)28-3/h5-6,9-11,13-14,18,21H,4,7-8,12,15H2,1-3H3,(H,25,26). The molecule has 29 heavy (non-hydrogen) atoms. The zero-order valence-electron chi connectivity index (χ0n) is 17.3. The van der Waals surface area contributed by atoms with Crippen LogP contribution in [0.5, 0.6) is 17.2 Å². The zero-order chi connectivity index (χ0) is 20.8. The van der Waals surface area contributed by atoms with Crippen molar-refractivity contribution in [2.75, 3.05) is 27.4 Å². The third-order valence-electron chi connectivity index (χ3n) is 5.40. The monoisotopic (exact) mass is 399 g/mol. The highest BCUT2D eigenvalue weighted by Crippen LogP contribution is 2.44. The molecule has 2 atom stereocenters. The van der Waals surface area contributed by atoms with E-state index in [0.717, 1.165) is 29.7 Å². The molecule has 0 amide bonds. The number of para-hydroxylation sites is 2. The van der Waals surface area contributed by atoms with E-state index < -0.39 is 12.0 Å². The Hall–Kier alpha value is -2.73. The normalized spacial score (nSPS) is 18.1. The van der Waals surface area contributed by atoms with E-state index in [0.29, 0.717) is 31.1 Å². The van der Waals surface area contributed by atoms with Gasteiger partial charge < -0.3 is 19.3 Å². The first-order valence-corrected chi connectivity index (χ1v) is 10.0. The molecular weight excluding hydrogens is 370 g/mol. The molecule has 156 valence electrons. The molecule has 2 aromatic rings. The van der Waals surface area contributed by atoms with Crippen LogP contribution in [0.25, 0.3) is 0 Å². The van der Waals surface area contributed by atoms with Gasteiger partial charge in [0.15, 0.2) is 11.5 Å². The van der Waals surface area contributed by atoms with Crippen molar-refractivity contribution < 1.29 is 24.1 Å². The topological polar surface area (TPSA) is 68.2 Å². The summed E-state index contributed by atoms with van der Waals surface area (Å²) in [6.07, 6.45) is 2.47. The Morgan fingerprint density at radius 2 is 1.79 bits per heavy atom. The quantitative estimate of drug-likeness (QED) is 0.720. The molecule has 6 nitrogen and oxygen atoms in total. The maximum Gasteiger partial charge on any atom is 0.320 e. The van der Waals surface area contributed by atoms with Crippen molar-refractivity contribution in [1.29, 1.82) is 0 Å². The molecule has 1 saturated heterocycles. The largest absolute Gasteiger partial charge is 0.494 e. The number of aliphatic carboxylic acids is 1. The van der Waals surface area contributed by atoms with Crippen LogP contribution < -0.4 is 14.2 Å². The van der Waals surface area contributed by atoms with E-state index in [1.54, 1.807) is 14.2 Å². The van der Waals surface area contributed by atoms with Crippen molar-refractivity contribution >= 4 is 5.97 Å². The lowest BCUT2D eigenvalue weighted by Gasteiger charge is -2.40. The first-order valence-electron chi connectivity index (χ1n) is 10.0. The molecule has 1 aliphatic heterocycles. The van der Waals surface area contributed by atoms with E-state index in [9.17, 15) is 9.90 Å². The third kappa shape index (κ3) is 4.32. The number of carboxylic acids is 1. The molecule has 1 fully saturated rings. The molecule has 0 radical (unpaired) electrons. The highest BCUT2D eigenvalue weighted by Gasteiger charge is 2.37. The maximum atomic E-state index is 12.1. The molecular formula is C23H29NO5. The Morgan fingerprint density at radius 3 is 2.48 bits per heavy atom. The molecule has 1 N–H and O–H groups in total. The summed E-state index contributed by atoms with van der Waals surface area (Å²) < 4.78 is 17.1. The minimum Gasteiger partial charge on any atom is -0.494 e. The fraction of sp³-hybridized carbons (Fsp3) is 0.435. The van der Waals surface area contributed by atoms with Gasteiger partial charge in [-0.25, -0.2) is 0 Å². The average molecular weight is 399 g/mol. The highest BCUT2D eigenvalue weighted by atomic mass is 16.5. The Balaban J connectivity index is 2.22. The number of rotatable bonds is 8. The number of benzene rings is 2. The SMILES string of the molecule is CCOc1ccccc1C(c1cccc(OC)c1OC)N1CCCCC1C(=O)O. The summed E-state index contributed by atoms with van der Waals surface area (Å²) in [5.41, 5.74) is 1.79. The number of piperidine rings is 1. The number of carboxylic acid groups (broad SMARTS) is 1. The lowest BCUT2D eigenvalue weighted by Crippen LogP contribution is -2.47. The highest BCUT2D eigenvalue weighted by molar-refractivity contribution is 5.74. The third-order valence-corrected chi connectivity index (χ3v) is 5.40. The maximum absolute atomic E-state index is 12.1. The van der Waals surface area contributed by atoms with Crippen LogP contribution >= 0.6 is 0 Å². The van der Waals surface area contributed by atoms with Crippen molar-refractivity contribution in [2.45, 2.75) is 38.3 Å². The Bertz CT molecular complexity index is 838. The number of hydrogen-bond donors (Lipinski definition) is 1. The number of hydrogen-bond acceptors (Lipinski definition) is 5. The van der Waals surface area contributed by atoms with Gasteiger partial charge >= 0.3 is 5.97 Å². The van der Waals surface area contributed by atoms with Gasteiger partial charge in [0.25, 0.3) is 0 Å². The summed E-state index contributed by atoms with van der Waals surface area (Å²) in [6, 6.07) is 12.6. The zero-order valence-corrected chi connectivity index (χ0v) is 17.3. The van der Waals surface area contributed by atoms with Gasteiger partial charge in [-0.3, -0.25) is 9.69 Å². The van der Waals surface area contributed by atoms with Crippen LogP contribution in [0.15, 0.2) is 42.5 Å². The number of nitrogens with zero attached hydrogens (tertiary/aromatic N) is 1. The van der Waals surface area contributed by atoms with Gasteiger partial charge in [0.1, 0.15) is 11.8 Å². The fourth-order valence-corrected chi connectivity index (χ4v) is 4.17. The summed E-state index contributed by atoms with van der Waals surface area (Å²) in [5.74, 6) is 1.18. The second kappa shape index (κ2) is 9.65. The predicted molar refractivity (Wildman–Crippen MR) is 111 cm³/mol. The van der Waals surface area contributed by atoms with Crippen molar-refractivity contribution in [1.82, 2.24) is 4.90 Å². The van der Waals surface area contributed by atoms with Crippen LogP contribution in [0, 0.1) is 0 Å². The second-order valence-corrected chi connectivity index (χ2v) is 7.04. The molecule has 1 heterocycles. The summed E-state index contributed by atoms with van der Waals surface area (Å²) in [7, 11) is 3.21. The van der Waals surface area contributed by atoms with Gasteiger partial charge in [-0.1, -0.05) is 36.8 Å². The van der Waals surface area contributed by atoms with Gasteiger partial charge in [0.2, 0.25) is 0 Å². The van der Waals surface area contributed by atoms with Gasteiger partial charge in [0, 0.05) is 11.1 Å². The van der Waals surface area contributed by atoms with E-state index in [-0.39, 0.29) is 6.04 Å². The predicted octanol–water partition coefficient (Wildman–Crippen LogP) is 4.13. The van der Waals surface area contributed by atoms with Crippen molar-refractivity contribution in [3.05, 3.63) is 53.6 Å². The van der Waals surface area contributed by atoms with E-state index in [2.05, 4.69) is 4.90 Å². The van der Waals surface area contributed by atoms with Crippen LogP contribution in [-0.2, 0) is 4.79 Å². The number of likely N-dealkylation sites (tertiary alicyclic amines) is 1. The lowest BCUT2D eigenvalue weighted by molar-refractivity contribution is -0.145. The van der Waals surface area contributed by atoms with Crippen LogP contribution in [0.3, 0.4) is 0 Å². The van der Waals surface area contributed by atoms with Gasteiger partial charge in [-0.2, -0.15) is 0 Å². The van der Waals surface area contributed by atoms with Crippen molar-refractivity contribution in [3.63, 3.8) is 0 Å². The average Bonchev–Trinajstić information content (AvgIpc) is 2.75. The molecule has 0 saturated carbocycles. The summed E-state index contributed by atoms with van der Waals surface area (Å²) >= 11 is 0. The van der Waals surface area contributed by atoms with Crippen LogP contribution in [0.1, 0.15) is 43.4 Å². The second-order valence-electron chi connectivity index (χ2n) is 7.04. The van der Waals surface area contributed by atoms with E-state index in [1.165, 1.54) is 0 Å². The van der Waals surface area contributed by atoms with Crippen molar-refractivity contribution in [2.24, 2.45) is 0 Å². The molecule has 0 aliphatic carbocycles. The van der Waals surface area contributed by atoms with E-state index >= 15 is 0 Å². The van der Waals surface area contributed by atoms with Gasteiger partial charge in [-0.15, -0.1) is 0 Å². The molecule has 6 heteroatoms. The Kier molecular flexibility index (Phi) is 6.99. The number of ether oxygens (including phenoxy) is 3. The number of methoxy groups -OCH3 is 2. The minimum absolute atomic E-state index is 0.329. The van der Waals surface area contributed by atoms with E-state index in [1.807, 2.05) is 49.4 Å². The van der Waals surface area contributed by atoms with Crippen LogP contribution in [0.2, 0.25) is 0 Å². The molecule has 2 aromatic carbocycles. The summed E-state index contributed by atoms with van der Waals surface area (Å²) in [5, 5.41) is 9.92. The molecule has 0 aromatic heterocycles. The molecule has 0 spiro atoms.